The van der Waals surface area contributed by atoms with E-state index < -0.39 is 0 Å². The maximum Gasteiger partial charge on any atom is 0.128 e. The van der Waals surface area contributed by atoms with Gasteiger partial charge in [-0.25, -0.2) is 8.78 Å². The molecule has 4 unspecified atom stereocenters. The molecule has 2 aliphatic rings. The van der Waals surface area contributed by atoms with E-state index in [1.807, 2.05) is 12.1 Å². The Morgan fingerprint density at radius 2 is 1.67 bits per heavy atom. The van der Waals surface area contributed by atoms with Crippen LogP contribution in [0.15, 0.2) is 53.7 Å². The summed E-state index contributed by atoms with van der Waals surface area (Å²) in [5.41, 5.74) is 1.70. The van der Waals surface area contributed by atoms with E-state index >= 15 is 0 Å². The van der Waals surface area contributed by atoms with Crippen molar-refractivity contribution in [1.82, 2.24) is 5.32 Å². The highest BCUT2D eigenvalue weighted by Gasteiger charge is 2.53. The van der Waals surface area contributed by atoms with Gasteiger partial charge in [0.2, 0.25) is 0 Å². The fourth-order valence-electron chi connectivity index (χ4n) is 4.92. The van der Waals surface area contributed by atoms with Crippen LogP contribution in [-0.2, 0) is 4.84 Å². The summed E-state index contributed by atoms with van der Waals surface area (Å²) in [4.78, 5) is 5.18. The molecule has 1 heterocycles. The molecule has 0 aromatic heterocycles. The first-order valence-electron chi connectivity index (χ1n) is 9.42. The zero-order chi connectivity index (χ0) is 19.0. The Balaban J connectivity index is 1.88. The molecule has 1 saturated heterocycles. The van der Waals surface area contributed by atoms with Crippen LogP contribution in [0.2, 0.25) is 0 Å². The first-order chi connectivity index (χ1) is 13.1. The number of piperidine rings is 1. The summed E-state index contributed by atoms with van der Waals surface area (Å²) in [6, 6.07) is 13.0. The predicted molar refractivity (Wildman–Crippen MR) is 101 cm³/mol. The third-order valence-corrected chi connectivity index (χ3v) is 6.18. The van der Waals surface area contributed by atoms with E-state index in [-0.39, 0.29) is 35.1 Å². The van der Waals surface area contributed by atoms with Crippen LogP contribution in [0.3, 0.4) is 0 Å². The molecule has 1 aliphatic carbocycles. The maximum absolute atomic E-state index is 14.7. The molecule has 0 radical (unpaired) electrons. The normalized spacial score (nSPS) is 31.7. The van der Waals surface area contributed by atoms with Crippen LogP contribution in [0.25, 0.3) is 0 Å². The molecule has 3 nitrogen and oxygen atoms in total. The fourth-order valence-corrected chi connectivity index (χ4v) is 4.92. The molecule has 1 aliphatic heterocycles. The summed E-state index contributed by atoms with van der Waals surface area (Å²) < 4.78 is 29.3. The van der Waals surface area contributed by atoms with Gasteiger partial charge in [0, 0.05) is 34.5 Å². The number of oxime groups is 1. The Labute approximate surface area is 158 Å². The minimum absolute atomic E-state index is 0.0172. The van der Waals surface area contributed by atoms with Gasteiger partial charge in [0.1, 0.15) is 18.7 Å². The third kappa shape index (κ3) is 2.94. The lowest BCUT2D eigenvalue weighted by Crippen LogP contribution is -2.56. The van der Waals surface area contributed by atoms with E-state index in [1.165, 1.54) is 19.2 Å². The van der Waals surface area contributed by atoms with Gasteiger partial charge in [-0.3, -0.25) is 0 Å². The Hall–Kier alpha value is -2.27. The van der Waals surface area contributed by atoms with Gasteiger partial charge >= 0.3 is 0 Å². The highest BCUT2D eigenvalue weighted by atomic mass is 19.1. The van der Waals surface area contributed by atoms with Crippen molar-refractivity contribution in [3.8, 4) is 0 Å². The summed E-state index contributed by atoms with van der Waals surface area (Å²) in [6.07, 6.45) is 2.76. The minimum Gasteiger partial charge on any atom is -0.399 e. The van der Waals surface area contributed by atoms with Crippen LogP contribution in [-0.4, -0.2) is 12.8 Å². The second-order valence-corrected chi connectivity index (χ2v) is 7.70. The second-order valence-electron chi connectivity index (χ2n) is 7.70. The number of nitrogens with zero attached hydrogens (tertiary/aromatic N) is 1. The largest absolute Gasteiger partial charge is 0.399 e. The van der Waals surface area contributed by atoms with E-state index in [0.29, 0.717) is 11.1 Å². The molecule has 2 aromatic rings. The summed E-state index contributed by atoms with van der Waals surface area (Å²) >= 11 is 0. The van der Waals surface area contributed by atoms with Crippen molar-refractivity contribution in [3.05, 3.63) is 71.3 Å². The van der Waals surface area contributed by atoms with Crippen LogP contribution >= 0.6 is 0 Å². The first kappa shape index (κ1) is 18.1. The molecule has 142 valence electrons. The quantitative estimate of drug-likeness (QED) is 0.757. The first-order valence-corrected chi connectivity index (χ1v) is 9.42. The lowest BCUT2D eigenvalue weighted by atomic mass is 9.58. The zero-order valence-electron chi connectivity index (χ0n) is 15.6. The SMILES string of the molecule is CO/N=C1\C2CCCC1(C)C(c1ccccc1F)NC2c1ccccc1F. The van der Waals surface area contributed by atoms with Crippen molar-refractivity contribution < 1.29 is 13.6 Å². The average molecular weight is 370 g/mol. The third-order valence-electron chi connectivity index (χ3n) is 6.18. The van der Waals surface area contributed by atoms with Crippen molar-refractivity contribution >= 4 is 5.71 Å². The summed E-state index contributed by atoms with van der Waals surface area (Å²) in [7, 11) is 1.53. The van der Waals surface area contributed by atoms with Gasteiger partial charge in [0.15, 0.2) is 0 Å². The molecule has 27 heavy (non-hydrogen) atoms. The van der Waals surface area contributed by atoms with Gasteiger partial charge in [-0.15, -0.1) is 0 Å². The van der Waals surface area contributed by atoms with E-state index in [4.69, 9.17) is 4.84 Å². The van der Waals surface area contributed by atoms with Crippen molar-refractivity contribution in [3.63, 3.8) is 0 Å². The van der Waals surface area contributed by atoms with E-state index in [1.54, 1.807) is 24.3 Å². The van der Waals surface area contributed by atoms with Crippen LogP contribution in [0.4, 0.5) is 8.78 Å². The Morgan fingerprint density at radius 3 is 2.30 bits per heavy atom. The molecular weight excluding hydrogens is 346 g/mol. The van der Waals surface area contributed by atoms with Crippen LogP contribution in [0.1, 0.15) is 49.4 Å². The van der Waals surface area contributed by atoms with Gasteiger partial charge in [-0.2, -0.15) is 0 Å². The lowest BCUT2D eigenvalue weighted by Gasteiger charge is -2.53. The van der Waals surface area contributed by atoms with Crippen molar-refractivity contribution in [1.29, 1.82) is 0 Å². The Bertz CT molecular complexity index is 869. The van der Waals surface area contributed by atoms with Crippen LogP contribution in [0.5, 0.6) is 0 Å². The molecule has 2 bridgehead atoms. The molecule has 2 aromatic carbocycles. The predicted octanol–water partition coefficient (Wildman–Crippen LogP) is 5.16. The fraction of sp³-hybridized carbons (Fsp3) is 0.409. The Kier molecular flexibility index (Phi) is 4.72. The van der Waals surface area contributed by atoms with E-state index in [9.17, 15) is 8.78 Å². The minimum atomic E-state index is -0.386. The monoisotopic (exact) mass is 370 g/mol. The van der Waals surface area contributed by atoms with Crippen molar-refractivity contribution in [2.24, 2.45) is 16.5 Å². The molecule has 0 spiro atoms. The molecule has 1 saturated carbocycles. The molecule has 0 amide bonds. The molecule has 1 N–H and O–H groups in total. The topological polar surface area (TPSA) is 33.6 Å². The van der Waals surface area contributed by atoms with Crippen molar-refractivity contribution in [2.75, 3.05) is 7.11 Å². The number of fused-ring (bicyclic) bond motifs is 2. The highest BCUT2D eigenvalue weighted by Crippen LogP contribution is 2.54. The van der Waals surface area contributed by atoms with Gasteiger partial charge in [-0.05, 0) is 25.0 Å². The van der Waals surface area contributed by atoms with Gasteiger partial charge in [0.05, 0.1) is 5.71 Å². The molecule has 5 heteroatoms. The second kappa shape index (κ2) is 7.04. The Morgan fingerprint density at radius 1 is 1.04 bits per heavy atom. The van der Waals surface area contributed by atoms with Crippen LogP contribution < -0.4 is 5.32 Å². The zero-order valence-corrected chi connectivity index (χ0v) is 15.6. The van der Waals surface area contributed by atoms with E-state index in [0.717, 1.165) is 25.0 Å². The average Bonchev–Trinajstić information content (AvgIpc) is 2.65. The number of hydrogen-bond donors (Lipinski definition) is 1. The maximum atomic E-state index is 14.7. The molecular formula is C22H24F2N2O. The number of hydrogen-bond acceptors (Lipinski definition) is 3. The highest BCUT2D eigenvalue weighted by molar-refractivity contribution is 5.94. The molecule has 4 atom stereocenters. The number of rotatable bonds is 3. The summed E-state index contributed by atoms with van der Waals surface area (Å²) in [6.45, 7) is 2.11. The van der Waals surface area contributed by atoms with Crippen LogP contribution in [0, 0.1) is 23.0 Å². The molecule has 4 rings (SSSR count). The number of nitrogens with one attached hydrogen (secondary N) is 1. The standard InChI is InChI=1S/C22H24F2N2O/c1-22-13-7-10-16(21(22)26-27-2)19(14-8-3-5-11-17(14)23)25-20(22)15-9-4-6-12-18(15)24/h3-6,8-9,11-12,16,19-20,25H,7,10,13H2,1-2H3/b26-21+. The van der Waals surface area contributed by atoms with E-state index in [2.05, 4.69) is 17.4 Å². The smallest absolute Gasteiger partial charge is 0.128 e. The van der Waals surface area contributed by atoms with Gasteiger partial charge in [0.25, 0.3) is 0 Å². The van der Waals surface area contributed by atoms with Crippen molar-refractivity contribution in [2.45, 2.75) is 38.3 Å². The van der Waals surface area contributed by atoms with Gasteiger partial charge < -0.3 is 10.2 Å². The van der Waals surface area contributed by atoms with Gasteiger partial charge in [-0.1, -0.05) is 54.9 Å². The number of halogens is 2. The lowest BCUT2D eigenvalue weighted by molar-refractivity contribution is 0.132. The summed E-state index contributed by atoms with van der Waals surface area (Å²) in [5, 5.41) is 7.96. The number of benzene rings is 2. The summed E-state index contributed by atoms with van der Waals surface area (Å²) in [5.74, 6) is -0.499. The molecule has 2 fully saturated rings.